The highest BCUT2D eigenvalue weighted by Crippen LogP contribution is 2.22. The van der Waals surface area contributed by atoms with E-state index in [0.717, 1.165) is 6.20 Å². The van der Waals surface area contributed by atoms with E-state index < -0.39 is 17.2 Å². The Morgan fingerprint density at radius 2 is 2.00 bits per heavy atom. The fourth-order valence-electron chi connectivity index (χ4n) is 1.66. The lowest BCUT2D eigenvalue weighted by Gasteiger charge is -2.19. The Balaban J connectivity index is 2.61. The molecule has 0 aromatic carbocycles. The topological polar surface area (TPSA) is 48.4 Å². The van der Waals surface area contributed by atoms with E-state index in [1.54, 1.807) is 20.8 Å². The first-order valence-electron chi connectivity index (χ1n) is 6.33. The van der Waals surface area contributed by atoms with E-state index in [9.17, 15) is 13.6 Å². The van der Waals surface area contributed by atoms with Crippen LogP contribution < -0.4 is 4.74 Å². The number of carbonyl (C=O) groups excluding carboxylic acids is 1. The number of ether oxygens (including phenoxy) is 2. The van der Waals surface area contributed by atoms with Crippen molar-refractivity contribution in [1.82, 2.24) is 4.98 Å². The van der Waals surface area contributed by atoms with Gasteiger partial charge in [-0.2, -0.15) is 0 Å². The summed E-state index contributed by atoms with van der Waals surface area (Å²) in [5.74, 6) is -2.21. The van der Waals surface area contributed by atoms with E-state index in [1.807, 2.05) is 0 Å². The van der Waals surface area contributed by atoms with E-state index in [4.69, 9.17) is 4.74 Å². The highest BCUT2D eigenvalue weighted by Gasteiger charge is 2.18. The Hall–Kier alpha value is -1.72. The van der Waals surface area contributed by atoms with Crippen LogP contribution in [0.2, 0.25) is 0 Å². The first-order valence-corrected chi connectivity index (χ1v) is 6.33. The monoisotopic (exact) mass is 287 g/mol. The molecule has 0 aliphatic rings. The van der Waals surface area contributed by atoms with Crippen LogP contribution in [0.1, 0.15) is 39.2 Å². The summed E-state index contributed by atoms with van der Waals surface area (Å²) in [7, 11) is 1.26. The molecule has 6 heteroatoms. The minimum Gasteiger partial charge on any atom is -0.479 e. The molecule has 0 saturated heterocycles. The number of carbonyl (C=O) groups is 1. The van der Waals surface area contributed by atoms with Gasteiger partial charge >= 0.3 is 5.97 Å². The third-order valence-corrected chi connectivity index (χ3v) is 2.46. The summed E-state index contributed by atoms with van der Waals surface area (Å²) in [5.41, 5.74) is -0.687. The van der Waals surface area contributed by atoms with E-state index >= 15 is 0 Å². The van der Waals surface area contributed by atoms with Gasteiger partial charge in [-0.15, -0.1) is 0 Å². The van der Waals surface area contributed by atoms with Crippen LogP contribution >= 0.6 is 0 Å². The van der Waals surface area contributed by atoms with Crippen molar-refractivity contribution in [2.75, 3.05) is 7.11 Å². The van der Waals surface area contributed by atoms with Crippen LogP contribution in [0, 0.1) is 11.6 Å². The van der Waals surface area contributed by atoms with Gasteiger partial charge in [-0.1, -0.05) is 0 Å². The van der Waals surface area contributed by atoms with Crippen molar-refractivity contribution in [3.63, 3.8) is 0 Å². The predicted octanol–water partition coefficient (Wildman–Crippen LogP) is 3.03. The van der Waals surface area contributed by atoms with Gasteiger partial charge in [0.25, 0.3) is 5.88 Å². The first kappa shape index (κ1) is 16.3. The van der Waals surface area contributed by atoms with Crippen molar-refractivity contribution in [3.8, 4) is 5.88 Å². The molecule has 0 spiro atoms. The molecule has 0 N–H and O–H groups in total. The van der Waals surface area contributed by atoms with Gasteiger partial charge in [-0.25, -0.2) is 13.8 Å². The molecule has 0 unspecified atom stereocenters. The quantitative estimate of drug-likeness (QED) is 0.781. The van der Waals surface area contributed by atoms with Crippen molar-refractivity contribution in [3.05, 3.63) is 23.4 Å². The van der Waals surface area contributed by atoms with Crippen LogP contribution in [0.25, 0.3) is 0 Å². The smallest absolute Gasteiger partial charge is 0.306 e. The zero-order valence-electron chi connectivity index (χ0n) is 12.1. The minimum absolute atomic E-state index is 0.0792. The molecule has 20 heavy (non-hydrogen) atoms. The molecular weight excluding hydrogens is 268 g/mol. The molecule has 0 saturated carbocycles. The molecule has 0 amide bonds. The van der Waals surface area contributed by atoms with Crippen molar-refractivity contribution >= 4 is 5.97 Å². The van der Waals surface area contributed by atoms with Crippen molar-refractivity contribution in [2.24, 2.45) is 0 Å². The number of aromatic nitrogens is 1. The van der Waals surface area contributed by atoms with Gasteiger partial charge < -0.3 is 9.47 Å². The molecule has 0 fully saturated rings. The van der Waals surface area contributed by atoms with Gasteiger partial charge in [-0.05, 0) is 33.6 Å². The van der Waals surface area contributed by atoms with Crippen molar-refractivity contribution in [2.45, 2.75) is 45.6 Å². The fraction of sp³-hybridized carbons (Fsp3) is 0.571. The largest absolute Gasteiger partial charge is 0.479 e. The zero-order valence-corrected chi connectivity index (χ0v) is 12.1. The summed E-state index contributed by atoms with van der Waals surface area (Å²) in [4.78, 5) is 15.0. The van der Waals surface area contributed by atoms with Gasteiger partial charge in [0.15, 0.2) is 5.82 Å². The summed E-state index contributed by atoms with van der Waals surface area (Å²) in [6.07, 6.45) is 1.37. The maximum absolute atomic E-state index is 13.8. The molecule has 0 aliphatic heterocycles. The first-order chi connectivity index (χ1) is 9.24. The third kappa shape index (κ3) is 4.75. The van der Waals surface area contributed by atoms with Crippen LogP contribution in [-0.4, -0.2) is 23.7 Å². The van der Waals surface area contributed by atoms with Gasteiger partial charge in [0.2, 0.25) is 0 Å². The van der Waals surface area contributed by atoms with Crippen molar-refractivity contribution in [1.29, 1.82) is 0 Å². The molecule has 112 valence electrons. The molecule has 0 radical (unpaired) electrons. The fourth-order valence-corrected chi connectivity index (χ4v) is 1.66. The summed E-state index contributed by atoms with van der Waals surface area (Å²) in [5, 5.41) is 0. The lowest BCUT2D eigenvalue weighted by Crippen LogP contribution is -2.23. The molecule has 0 atom stereocenters. The van der Waals surface area contributed by atoms with Gasteiger partial charge in [0.1, 0.15) is 11.4 Å². The van der Waals surface area contributed by atoms with Crippen LogP contribution in [-0.2, 0) is 16.0 Å². The molecule has 1 heterocycles. The molecule has 1 rings (SSSR count). The highest BCUT2D eigenvalue weighted by molar-refractivity contribution is 5.69. The molecular formula is C14H19F2NO3. The minimum atomic E-state index is -0.823. The Labute approximate surface area is 117 Å². The second-order valence-corrected chi connectivity index (χ2v) is 5.35. The van der Waals surface area contributed by atoms with E-state index in [0.29, 0.717) is 0 Å². The summed E-state index contributed by atoms with van der Waals surface area (Å²) >= 11 is 0. The molecule has 0 aliphatic carbocycles. The van der Waals surface area contributed by atoms with Gasteiger partial charge in [-0.3, -0.25) is 4.79 Å². The molecule has 0 bridgehead atoms. The SMILES string of the molecule is COc1ncc(F)c(CCCC(=O)OC(C)(C)C)c1F. The summed E-state index contributed by atoms with van der Waals surface area (Å²) in [6.45, 7) is 5.29. The van der Waals surface area contributed by atoms with Crippen molar-refractivity contribution < 1.29 is 23.0 Å². The number of methoxy groups -OCH3 is 1. The predicted molar refractivity (Wildman–Crippen MR) is 69.5 cm³/mol. The van der Waals surface area contributed by atoms with Crippen LogP contribution in [0.3, 0.4) is 0 Å². The van der Waals surface area contributed by atoms with E-state index in [-0.39, 0.29) is 36.7 Å². The molecule has 1 aromatic rings. The Morgan fingerprint density at radius 3 is 2.55 bits per heavy atom. The lowest BCUT2D eigenvalue weighted by atomic mass is 10.1. The van der Waals surface area contributed by atoms with Gasteiger partial charge in [0, 0.05) is 12.0 Å². The Bertz CT molecular complexity index is 484. The van der Waals surface area contributed by atoms with E-state index in [2.05, 4.69) is 9.72 Å². The second kappa shape index (κ2) is 6.63. The van der Waals surface area contributed by atoms with E-state index in [1.165, 1.54) is 7.11 Å². The van der Waals surface area contributed by atoms with Crippen LogP contribution in [0.4, 0.5) is 8.78 Å². The number of pyridine rings is 1. The van der Waals surface area contributed by atoms with Gasteiger partial charge in [0.05, 0.1) is 13.3 Å². The normalized spacial score (nSPS) is 11.3. The summed E-state index contributed by atoms with van der Waals surface area (Å²) < 4.78 is 37.1. The lowest BCUT2D eigenvalue weighted by molar-refractivity contribution is -0.154. The summed E-state index contributed by atoms with van der Waals surface area (Å²) in [6, 6.07) is 0. The number of nitrogens with zero attached hydrogens (tertiary/aromatic N) is 1. The maximum atomic E-state index is 13.8. The maximum Gasteiger partial charge on any atom is 0.306 e. The molecule has 4 nitrogen and oxygen atoms in total. The Kier molecular flexibility index (Phi) is 5.42. The molecule has 1 aromatic heterocycles. The number of hydrogen-bond acceptors (Lipinski definition) is 4. The number of esters is 1. The third-order valence-electron chi connectivity index (χ3n) is 2.46. The van der Waals surface area contributed by atoms with Crippen LogP contribution in [0.5, 0.6) is 5.88 Å². The number of rotatable bonds is 5. The zero-order chi connectivity index (χ0) is 15.3. The second-order valence-electron chi connectivity index (χ2n) is 5.35. The average Bonchev–Trinajstić information content (AvgIpc) is 2.31. The number of hydrogen-bond donors (Lipinski definition) is 0. The average molecular weight is 287 g/mol. The van der Waals surface area contributed by atoms with Crippen LogP contribution in [0.15, 0.2) is 6.20 Å². The Morgan fingerprint density at radius 1 is 1.35 bits per heavy atom. The number of halogens is 2. The standard InChI is InChI=1S/C14H19F2NO3/c1-14(2,3)20-11(18)7-5-6-9-10(15)8-17-13(19-4)12(9)16/h8H,5-7H2,1-4H3. The highest BCUT2D eigenvalue weighted by atomic mass is 19.1.